The first-order valence-electron chi connectivity index (χ1n) is 6.49. The standard InChI is InChI=1S/C16H14N2O3/c1-21-14-6-2-5-13-12(14)7-9-18(13)10-11-4-3-8-17-15(11)16(19)20/h2-9H,10H2,1H3,(H,19,20). The van der Waals surface area contributed by atoms with E-state index in [0.29, 0.717) is 12.1 Å². The molecule has 0 saturated heterocycles. The molecule has 2 heterocycles. The lowest BCUT2D eigenvalue weighted by Crippen LogP contribution is -2.08. The molecule has 0 spiro atoms. The number of fused-ring (bicyclic) bond motifs is 1. The number of ether oxygens (including phenoxy) is 1. The van der Waals surface area contributed by atoms with Crippen LogP contribution >= 0.6 is 0 Å². The molecule has 1 aromatic carbocycles. The van der Waals surface area contributed by atoms with Crippen LogP contribution < -0.4 is 4.74 Å². The topological polar surface area (TPSA) is 64.4 Å². The minimum Gasteiger partial charge on any atom is -0.496 e. The van der Waals surface area contributed by atoms with Crippen molar-refractivity contribution in [1.82, 2.24) is 9.55 Å². The van der Waals surface area contributed by atoms with E-state index < -0.39 is 5.97 Å². The molecule has 0 radical (unpaired) electrons. The average molecular weight is 282 g/mol. The zero-order chi connectivity index (χ0) is 14.8. The highest BCUT2D eigenvalue weighted by atomic mass is 16.5. The molecule has 0 saturated carbocycles. The Balaban J connectivity index is 2.05. The summed E-state index contributed by atoms with van der Waals surface area (Å²) in [6.45, 7) is 0.451. The second kappa shape index (κ2) is 5.28. The first-order chi connectivity index (χ1) is 10.2. The third-order valence-corrected chi connectivity index (χ3v) is 3.43. The van der Waals surface area contributed by atoms with E-state index in [2.05, 4.69) is 4.98 Å². The van der Waals surface area contributed by atoms with Crippen molar-refractivity contribution in [3.8, 4) is 5.75 Å². The monoisotopic (exact) mass is 282 g/mol. The maximum Gasteiger partial charge on any atom is 0.354 e. The van der Waals surface area contributed by atoms with Crippen molar-refractivity contribution < 1.29 is 14.6 Å². The summed E-state index contributed by atoms with van der Waals surface area (Å²) in [5, 5.41) is 10.2. The molecule has 0 atom stereocenters. The van der Waals surface area contributed by atoms with Crippen LogP contribution in [0.2, 0.25) is 0 Å². The van der Waals surface area contributed by atoms with Gasteiger partial charge in [-0.3, -0.25) is 0 Å². The number of carboxylic acid groups (broad SMARTS) is 1. The van der Waals surface area contributed by atoms with Gasteiger partial charge in [-0.15, -0.1) is 0 Å². The lowest BCUT2D eigenvalue weighted by atomic mass is 10.2. The average Bonchev–Trinajstić information content (AvgIpc) is 2.91. The van der Waals surface area contributed by atoms with Crippen molar-refractivity contribution in [2.75, 3.05) is 7.11 Å². The van der Waals surface area contributed by atoms with Crippen LogP contribution in [0.15, 0.2) is 48.8 Å². The highest BCUT2D eigenvalue weighted by molar-refractivity contribution is 5.88. The fraction of sp³-hybridized carbons (Fsp3) is 0.125. The predicted octanol–water partition coefficient (Wildman–Crippen LogP) is 2.79. The van der Waals surface area contributed by atoms with Gasteiger partial charge in [0.2, 0.25) is 0 Å². The summed E-state index contributed by atoms with van der Waals surface area (Å²) in [4.78, 5) is 15.2. The zero-order valence-corrected chi connectivity index (χ0v) is 11.5. The second-order valence-corrected chi connectivity index (χ2v) is 4.65. The van der Waals surface area contributed by atoms with Crippen LogP contribution in [-0.4, -0.2) is 27.7 Å². The molecular weight excluding hydrogens is 268 g/mol. The smallest absolute Gasteiger partial charge is 0.354 e. The third kappa shape index (κ3) is 2.33. The first kappa shape index (κ1) is 13.2. The molecule has 1 N–H and O–H groups in total. The van der Waals surface area contributed by atoms with Gasteiger partial charge in [0.05, 0.1) is 12.6 Å². The Labute approximate surface area is 121 Å². The fourth-order valence-electron chi connectivity index (χ4n) is 2.45. The fourth-order valence-corrected chi connectivity index (χ4v) is 2.45. The van der Waals surface area contributed by atoms with E-state index >= 15 is 0 Å². The normalized spacial score (nSPS) is 10.7. The summed E-state index contributed by atoms with van der Waals surface area (Å²) in [5.41, 5.74) is 1.75. The molecule has 5 heteroatoms. The highest BCUT2D eigenvalue weighted by Crippen LogP contribution is 2.26. The van der Waals surface area contributed by atoms with E-state index in [4.69, 9.17) is 4.74 Å². The number of carboxylic acids is 1. The molecule has 0 amide bonds. The van der Waals surface area contributed by atoms with Gasteiger partial charge in [-0.25, -0.2) is 9.78 Å². The molecule has 2 aromatic heterocycles. The number of benzene rings is 1. The lowest BCUT2D eigenvalue weighted by Gasteiger charge is -2.08. The molecule has 0 aliphatic heterocycles. The SMILES string of the molecule is COc1cccc2c1ccn2Cc1cccnc1C(=O)O. The number of carbonyl (C=O) groups is 1. The Morgan fingerprint density at radius 2 is 2.14 bits per heavy atom. The number of hydrogen-bond acceptors (Lipinski definition) is 3. The molecule has 5 nitrogen and oxygen atoms in total. The van der Waals surface area contributed by atoms with Crippen molar-refractivity contribution in [3.63, 3.8) is 0 Å². The van der Waals surface area contributed by atoms with Crippen molar-refractivity contribution >= 4 is 16.9 Å². The van der Waals surface area contributed by atoms with Crippen LogP contribution in [0.25, 0.3) is 10.9 Å². The molecule has 0 aliphatic rings. The summed E-state index contributed by atoms with van der Waals surface area (Å²) >= 11 is 0. The number of rotatable bonds is 4. The molecule has 0 aliphatic carbocycles. The van der Waals surface area contributed by atoms with Crippen LogP contribution in [0.3, 0.4) is 0 Å². The van der Waals surface area contributed by atoms with Gasteiger partial charge in [-0.2, -0.15) is 0 Å². The molecule has 3 rings (SSSR count). The highest BCUT2D eigenvalue weighted by Gasteiger charge is 2.13. The van der Waals surface area contributed by atoms with Crippen LogP contribution in [0.5, 0.6) is 5.75 Å². The Morgan fingerprint density at radius 3 is 2.90 bits per heavy atom. The molecule has 0 unspecified atom stereocenters. The van der Waals surface area contributed by atoms with Crippen molar-refractivity contribution in [2.45, 2.75) is 6.54 Å². The zero-order valence-electron chi connectivity index (χ0n) is 11.5. The van der Waals surface area contributed by atoms with Crippen LogP contribution in [0.4, 0.5) is 0 Å². The molecular formula is C16H14N2O3. The quantitative estimate of drug-likeness (QED) is 0.799. The summed E-state index contributed by atoms with van der Waals surface area (Å²) in [6.07, 6.45) is 3.41. The summed E-state index contributed by atoms with van der Waals surface area (Å²) in [5.74, 6) is -0.212. The van der Waals surface area contributed by atoms with E-state index in [-0.39, 0.29) is 5.69 Å². The summed E-state index contributed by atoms with van der Waals surface area (Å²) < 4.78 is 7.32. The lowest BCUT2D eigenvalue weighted by molar-refractivity contribution is 0.0689. The van der Waals surface area contributed by atoms with E-state index in [1.807, 2.05) is 35.0 Å². The van der Waals surface area contributed by atoms with E-state index in [0.717, 1.165) is 16.7 Å². The molecule has 0 fully saturated rings. The minimum absolute atomic E-state index is 0.0854. The Kier molecular flexibility index (Phi) is 3.31. The van der Waals surface area contributed by atoms with E-state index in [1.54, 1.807) is 19.2 Å². The largest absolute Gasteiger partial charge is 0.496 e. The van der Waals surface area contributed by atoms with Gasteiger partial charge in [0.25, 0.3) is 0 Å². The van der Waals surface area contributed by atoms with E-state index in [1.165, 1.54) is 6.20 Å². The van der Waals surface area contributed by atoms with Gasteiger partial charge in [0.1, 0.15) is 5.75 Å². The maximum atomic E-state index is 11.2. The first-order valence-corrected chi connectivity index (χ1v) is 6.49. The summed E-state index contributed by atoms with van der Waals surface area (Å²) in [7, 11) is 1.63. The van der Waals surface area contributed by atoms with Crippen molar-refractivity contribution in [1.29, 1.82) is 0 Å². The van der Waals surface area contributed by atoms with E-state index in [9.17, 15) is 9.90 Å². The molecule has 21 heavy (non-hydrogen) atoms. The number of nitrogens with zero attached hydrogens (tertiary/aromatic N) is 2. The minimum atomic E-state index is -1.01. The van der Waals surface area contributed by atoms with Gasteiger partial charge in [-0.1, -0.05) is 12.1 Å². The van der Waals surface area contributed by atoms with Crippen molar-refractivity contribution in [3.05, 3.63) is 60.0 Å². The predicted molar refractivity (Wildman–Crippen MR) is 78.8 cm³/mol. The van der Waals surface area contributed by atoms with Gasteiger partial charge in [0.15, 0.2) is 5.69 Å². The van der Waals surface area contributed by atoms with Crippen LogP contribution in [0.1, 0.15) is 16.1 Å². The van der Waals surface area contributed by atoms with Gasteiger partial charge >= 0.3 is 5.97 Å². The second-order valence-electron chi connectivity index (χ2n) is 4.65. The number of hydrogen-bond donors (Lipinski definition) is 1. The van der Waals surface area contributed by atoms with Gasteiger partial charge in [-0.05, 0) is 24.3 Å². The molecule has 106 valence electrons. The van der Waals surface area contributed by atoms with Crippen molar-refractivity contribution in [2.24, 2.45) is 0 Å². The molecule has 0 bridgehead atoms. The summed E-state index contributed by atoms with van der Waals surface area (Å²) in [6, 6.07) is 11.3. The third-order valence-electron chi connectivity index (χ3n) is 3.43. The van der Waals surface area contributed by atoms with Crippen LogP contribution in [0, 0.1) is 0 Å². The number of aromatic carboxylic acids is 1. The molecule has 3 aromatic rings. The Hall–Kier alpha value is -2.82. The maximum absolute atomic E-state index is 11.2. The Bertz CT molecular complexity index is 808. The van der Waals surface area contributed by atoms with Crippen LogP contribution in [-0.2, 0) is 6.54 Å². The van der Waals surface area contributed by atoms with Gasteiger partial charge in [0, 0.05) is 29.9 Å². The number of methoxy groups -OCH3 is 1. The van der Waals surface area contributed by atoms with Gasteiger partial charge < -0.3 is 14.4 Å². The Morgan fingerprint density at radius 1 is 1.29 bits per heavy atom. The number of pyridine rings is 1. The number of aromatic nitrogens is 2.